The zero-order valence-electron chi connectivity index (χ0n) is 9.28. The highest BCUT2D eigenvalue weighted by Crippen LogP contribution is 2.33. The van der Waals surface area contributed by atoms with Gasteiger partial charge < -0.3 is 10.2 Å². The third-order valence-corrected chi connectivity index (χ3v) is 4.05. The van der Waals surface area contributed by atoms with Crippen LogP contribution in [-0.2, 0) is 4.79 Å². The molecule has 1 fully saturated rings. The quantitative estimate of drug-likeness (QED) is 0.841. The van der Waals surface area contributed by atoms with Crippen LogP contribution in [0.4, 0.5) is 5.82 Å². The maximum Gasteiger partial charge on any atom is 0.242 e. The number of halogens is 2. The van der Waals surface area contributed by atoms with Crippen molar-refractivity contribution in [1.82, 2.24) is 15.3 Å². The summed E-state index contributed by atoms with van der Waals surface area (Å²) in [7, 11) is 1.64. The van der Waals surface area contributed by atoms with Crippen LogP contribution in [0.1, 0.15) is 12.8 Å². The smallest absolute Gasteiger partial charge is 0.242 e. The number of carbonyl (C=O) groups excluding carboxylic acids is 1. The van der Waals surface area contributed by atoms with Gasteiger partial charge in [-0.1, -0.05) is 11.6 Å². The van der Waals surface area contributed by atoms with Crippen molar-refractivity contribution in [3.8, 4) is 0 Å². The standard InChI is InChI=1S/C10H12BrClN4O/c1-13-10(17)6-3-2-4-16(6)9-7(11)8(12)14-5-15-9/h5-6H,2-4H2,1H3,(H,13,17). The molecule has 7 heteroatoms. The second kappa shape index (κ2) is 5.18. The van der Waals surface area contributed by atoms with Crippen LogP contribution >= 0.6 is 27.5 Å². The maximum absolute atomic E-state index is 11.7. The molecule has 1 aromatic rings. The molecule has 1 aromatic heterocycles. The highest BCUT2D eigenvalue weighted by Gasteiger charge is 2.32. The van der Waals surface area contributed by atoms with E-state index in [1.807, 2.05) is 4.90 Å². The Morgan fingerprint density at radius 1 is 1.65 bits per heavy atom. The molecule has 5 nitrogen and oxygen atoms in total. The molecule has 1 atom stereocenters. The zero-order valence-corrected chi connectivity index (χ0v) is 11.6. The summed E-state index contributed by atoms with van der Waals surface area (Å²) in [4.78, 5) is 21.8. The van der Waals surface area contributed by atoms with E-state index in [1.165, 1.54) is 6.33 Å². The molecule has 0 saturated carbocycles. The van der Waals surface area contributed by atoms with Gasteiger partial charge in [-0.15, -0.1) is 0 Å². The van der Waals surface area contributed by atoms with Crippen molar-refractivity contribution in [2.45, 2.75) is 18.9 Å². The van der Waals surface area contributed by atoms with Crippen LogP contribution in [0.3, 0.4) is 0 Å². The Morgan fingerprint density at radius 2 is 2.41 bits per heavy atom. The van der Waals surface area contributed by atoms with E-state index in [-0.39, 0.29) is 11.9 Å². The van der Waals surface area contributed by atoms with Gasteiger partial charge in [-0.05, 0) is 28.8 Å². The van der Waals surface area contributed by atoms with Crippen LogP contribution < -0.4 is 10.2 Å². The normalized spacial score (nSPS) is 19.5. The van der Waals surface area contributed by atoms with Gasteiger partial charge in [0.1, 0.15) is 23.3 Å². The molecule has 2 rings (SSSR count). The van der Waals surface area contributed by atoms with Crippen LogP contribution in [0.15, 0.2) is 10.8 Å². The number of hydrogen-bond acceptors (Lipinski definition) is 4. The van der Waals surface area contributed by atoms with Crippen molar-refractivity contribution in [3.05, 3.63) is 16.0 Å². The fraction of sp³-hybridized carbons (Fsp3) is 0.500. The number of hydrogen-bond donors (Lipinski definition) is 1. The van der Waals surface area contributed by atoms with Crippen molar-refractivity contribution >= 4 is 39.3 Å². The van der Waals surface area contributed by atoms with Crippen LogP contribution in [0, 0.1) is 0 Å². The molecule has 0 aliphatic carbocycles. The molecular formula is C10H12BrClN4O. The van der Waals surface area contributed by atoms with E-state index >= 15 is 0 Å². The zero-order chi connectivity index (χ0) is 12.4. The molecule has 0 spiro atoms. The lowest BCUT2D eigenvalue weighted by molar-refractivity contribution is -0.121. The highest BCUT2D eigenvalue weighted by molar-refractivity contribution is 9.10. The molecule has 1 unspecified atom stereocenters. The highest BCUT2D eigenvalue weighted by atomic mass is 79.9. The Balaban J connectivity index is 2.32. The van der Waals surface area contributed by atoms with Gasteiger partial charge in [0.05, 0.1) is 4.47 Å². The summed E-state index contributed by atoms with van der Waals surface area (Å²) >= 11 is 9.29. The summed E-state index contributed by atoms with van der Waals surface area (Å²) < 4.78 is 0.637. The van der Waals surface area contributed by atoms with E-state index < -0.39 is 0 Å². The monoisotopic (exact) mass is 318 g/mol. The lowest BCUT2D eigenvalue weighted by Gasteiger charge is -2.25. The molecular weight excluding hydrogens is 307 g/mol. The number of nitrogens with one attached hydrogen (secondary N) is 1. The van der Waals surface area contributed by atoms with Gasteiger partial charge in [-0.3, -0.25) is 4.79 Å². The van der Waals surface area contributed by atoms with E-state index in [0.717, 1.165) is 19.4 Å². The number of anilines is 1. The fourth-order valence-corrected chi connectivity index (χ4v) is 2.56. The van der Waals surface area contributed by atoms with Crippen LogP contribution in [-0.4, -0.2) is 35.5 Å². The Morgan fingerprint density at radius 3 is 3.12 bits per heavy atom. The molecule has 17 heavy (non-hydrogen) atoms. The minimum absolute atomic E-state index is 0.00383. The first-order chi connectivity index (χ1) is 8.15. The summed E-state index contributed by atoms with van der Waals surface area (Å²) in [6, 6.07) is -0.178. The lowest BCUT2D eigenvalue weighted by atomic mass is 10.2. The molecule has 1 aliphatic heterocycles. The van der Waals surface area contributed by atoms with E-state index in [9.17, 15) is 4.79 Å². The first-order valence-electron chi connectivity index (χ1n) is 5.29. The Bertz CT molecular complexity index is 442. The number of likely N-dealkylation sites (N-methyl/N-ethyl adjacent to an activating group) is 1. The van der Waals surface area contributed by atoms with Gasteiger partial charge in [-0.2, -0.15) is 0 Å². The summed E-state index contributed by atoms with van der Waals surface area (Å²) in [5, 5.41) is 3.03. The van der Waals surface area contributed by atoms with Crippen molar-refractivity contribution in [1.29, 1.82) is 0 Å². The van der Waals surface area contributed by atoms with E-state index in [0.29, 0.717) is 15.4 Å². The largest absolute Gasteiger partial charge is 0.357 e. The number of nitrogens with zero attached hydrogens (tertiary/aromatic N) is 3. The van der Waals surface area contributed by atoms with Crippen LogP contribution in [0.2, 0.25) is 5.15 Å². The van der Waals surface area contributed by atoms with Gasteiger partial charge in [0.15, 0.2) is 0 Å². The second-order valence-corrected chi connectivity index (χ2v) is 4.92. The summed E-state index contributed by atoms with van der Waals surface area (Å²) in [6.45, 7) is 0.796. The van der Waals surface area contributed by atoms with E-state index in [1.54, 1.807) is 7.05 Å². The van der Waals surface area contributed by atoms with Crippen molar-refractivity contribution in [2.75, 3.05) is 18.5 Å². The predicted molar refractivity (Wildman–Crippen MR) is 69.2 cm³/mol. The molecule has 0 bridgehead atoms. The molecule has 1 saturated heterocycles. The second-order valence-electron chi connectivity index (χ2n) is 3.77. The number of aromatic nitrogens is 2. The minimum Gasteiger partial charge on any atom is -0.357 e. The summed E-state index contributed by atoms with van der Waals surface area (Å²) in [6.07, 6.45) is 3.20. The number of rotatable bonds is 2. The van der Waals surface area contributed by atoms with E-state index in [4.69, 9.17) is 11.6 Å². The van der Waals surface area contributed by atoms with Gasteiger partial charge in [0.2, 0.25) is 5.91 Å². The average molecular weight is 320 g/mol. The molecule has 1 aliphatic rings. The molecule has 0 radical (unpaired) electrons. The third kappa shape index (κ3) is 2.37. The minimum atomic E-state index is -0.178. The summed E-state index contributed by atoms with van der Waals surface area (Å²) in [5.74, 6) is 0.681. The topological polar surface area (TPSA) is 58.1 Å². The summed E-state index contributed by atoms with van der Waals surface area (Å²) in [5.41, 5.74) is 0. The molecule has 1 amide bonds. The van der Waals surface area contributed by atoms with Crippen LogP contribution in [0.5, 0.6) is 0 Å². The average Bonchev–Trinajstić information content (AvgIpc) is 2.80. The Labute approximate surface area is 113 Å². The Kier molecular flexibility index (Phi) is 3.83. The van der Waals surface area contributed by atoms with Gasteiger partial charge in [0.25, 0.3) is 0 Å². The van der Waals surface area contributed by atoms with Gasteiger partial charge in [-0.25, -0.2) is 9.97 Å². The first kappa shape index (κ1) is 12.6. The van der Waals surface area contributed by atoms with Crippen LogP contribution in [0.25, 0.3) is 0 Å². The fourth-order valence-electron chi connectivity index (χ4n) is 2.00. The molecule has 92 valence electrons. The molecule has 1 N–H and O–H groups in total. The SMILES string of the molecule is CNC(=O)C1CCCN1c1ncnc(Cl)c1Br. The first-order valence-corrected chi connectivity index (χ1v) is 6.46. The predicted octanol–water partition coefficient (Wildman–Crippen LogP) is 1.61. The Hall–Kier alpha value is -0.880. The maximum atomic E-state index is 11.7. The number of carbonyl (C=O) groups is 1. The van der Waals surface area contributed by atoms with Crippen molar-refractivity contribution < 1.29 is 4.79 Å². The third-order valence-electron chi connectivity index (χ3n) is 2.80. The molecule has 0 aromatic carbocycles. The van der Waals surface area contributed by atoms with Crippen molar-refractivity contribution in [2.24, 2.45) is 0 Å². The number of amides is 1. The van der Waals surface area contributed by atoms with E-state index in [2.05, 4.69) is 31.2 Å². The van der Waals surface area contributed by atoms with Gasteiger partial charge in [0, 0.05) is 13.6 Å². The molecule has 2 heterocycles. The van der Waals surface area contributed by atoms with Crippen molar-refractivity contribution in [3.63, 3.8) is 0 Å². The van der Waals surface area contributed by atoms with Gasteiger partial charge >= 0.3 is 0 Å². The lowest BCUT2D eigenvalue weighted by Crippen LogP contribution is -2.42.